The standard InChI is InChI=1S/C26H34N4O8S/c1-4-16(2)23(26(37)27-11-12-30-20(31)8-9-21(30)32)29-25(36)19(10-13-39-3)28-24(35)17-6-5-7-18(14-17)38-15-22(33)34/h5-9,14,16,19,23H,4,10-13,15H2,1-3H3,(H,27,37)(H,28,35)(H,29,36)(H,33,34)/t16-,19-,23-/m0/s1. The lowest BCUT2D eigenvalue weighted by Gasteiger charge is -2.27. The summed E-state index contributed by atoms with van der Waals surface area (Å²) in [5, 5.41) is 16.9. The number of nitrogens with one attached hydrogen (secondary N) is 3. The van der Waals surface area contributed by atoms with Crippen molar-refractivity contribution in [3.8, 4) is 5.75 Å². The molecule has 0 aliphatic carbocycles. The maximum atomic E-state index is 13.3. The number of benzene rings is 1. The smallest absolute Gasteiger partial charge is 0.341 e. The van der Waals surface area contributed by atoms with E-state index in [0.29, 0.717) is 18.6 Å². The maximum absolute atomic E-state index is 13.3. The Bertz CT molecular complexity index is 1090. The lowest BCUT2D eigenvalue weighted by atomic mass is 9.97. The Morgan fingerprint density at radius 1 is 1.08 bits per heavy atom. The Morgan fingerprint density at radius 3 is 2.38 bits per heavy atom. The fraction of sp³-hybridized carbons (Fsp3) is 0.462. The van der Waals surface area contributed by atoms with Gasteiger partial charge in [-0.1, -0.05) is 26.3 Å². The van der Waals surface area contributed by atoms with Crippen LogP contribution in [0.3, 0.4) is 0 Å². The Kier molecular flexibility index (Phi) is 12.5. The topological polar surface area (TPSA) is 171 Å². The molecule has 39 heavy (non-hydrogen) atoms. The van der Waals surface area contributed by atoms with Gasteiger partial charge in [-0.25, -0.2) is 4.79 Å². The molecule has 1 aliphatic rings. The van der Waals surface area contributed by atoms with Gasteiger partial charge in [0.15, 0.2) is 6.61 Å². The lowest BCUT2D eigenvalue weighted by molar-refractivity contribution is -0.139. The van der Waals surface area contributed by atoms with Crippen LogP contribution < -0.4 is 20.7 Å². The predicted octanol–water partition coefficient (Wildman–Crippen LogP) is 0.574. The van der Waals surface area contributed by atoms with E-state index in [9.17, 15) is 28.8 Å². The summed E-state index contributed by atoms with van der Waals surface area (Å²) in [7, 11) is 0. The molecule has 13 heteroatoms. The molecule has 1 aromatic rings. The van der Waals surface area contributed by atoms with Gasteiger partial charge in [-0.3, -0.25) is 28.9 Å². The minimum Gasteiger partial charge on any atom is -0.482 e. The highest BCUT2D eigenvalue weighted by Gasteiger charge is 2.30. The second kappa shape index (κ2) is 15.5. The summed E-state index contributed by atoms with van der Waals surface area (Å²) in [5.41, 5.74) is 0.177. The van der Waals surface area contributed by atoms with Crippen LogP contribution >= 0.6 is 11.8 Å². The molecular weight excluding hydrogens is 528 g/mol. The average molecular weight is 563 g/mol. The summed E-state index contributed by atoms with van der Waals surface area (Å²) in [6, 6.07) is 4.08. The SMILES string of the molecule is CC[C@H](C)[C@H](NC(=O)[C@H](CCSC)NC(=O)c1cccc(OCC(=O)O)c1)C(=O)NCCN1C(=O)C=CC1=O. The number of nitrogens with zero attached hydrogens (tertiary/aromatic N) is 1. The maximum Gasteiger partial charge on any atom is 0.341 e. The van der Waals surface area contributed by atoms with Gasteiger partial charge >= 0.3 is 5.97 Å². The molecule has 0 unspecified atom stereocenters. The highest BCUT2D eigenvalue weighted by molar-refractivity contribution is 7.98. The highest BCUT2D eigenvalue weighted by atomic mass is 32.2. The molecule has 0 bridgehead atoms. The van der Waals surface area contributed by atoms with Crippen molar-refractivity contribution in [3.63, 3.8) is 0 Å². The number of hydrogen-bond acceptors (Lipinski definition) is 8. The molecule has 5 amide bonds. The van der Waals surface area contributed by atoms with Gasteiger partial charge in [0, 0.05) is 30.8 Å². The summed E-state index contributed by atoms with van der Waals surface area (Å²) in [5.74, 6) is -3.12. The third-order valence-electron chi connectivity index (χ3n) is 6.02. The molecule has 4 N–H and O–H groups in total. The van der Waals surface area contributed by atoms with Gasteiger partial charge in [-0.05, 0) is 42.5 Å². The molecule has 1 heterocycles. The Hall–Kier alpha value is -3.87. The molecule has 3 atom stereocenters. The molecular formula is C26H34N4O8S. The van der Waals surface area contributed by atoms with Crippen LogP contribution in [-0.2, 0) is 24.0 Å². The van der Waals surface area contributed by atoms with E-state index in [4.69, 9.17) is 9.84 Å². The lowest BCUT2D eigenvalue weighted by Crippen LogP contribution is -2.56. The number of thioether (sulfide) groups is 1. The highest BCUT2D eigenvalue weighted by Crippen LogP contribution is 2.15. The van der Waals surface area contributed by atoms with Crippen LogP contribution in [0.25, 0.3) is 0 Å². The number of ether oxygens (including phenoxy) is 1. The number of hydrogen-bond donors (Lipinski definition) is 4. The van der Waals surface area contributed by atoms with E-state index < -0.39 is 54.2 Å². The zero-order valence-corrected chi connectivity index (χ0v) is 22.9. The van der Waals surface area contributed by atoms with E-state index in [2.05, 4.69) is 16.0 Å². The molecule has 0 saturated carbocycles. The van der Waals surface area contributed by atoms with E-state index in [0.717, 1.165) is 17.1 Å². The van der Waals surface area contributed by atoms with E-state index in [1.54, 1.807) is 6.92 Å². The van der Waals surface area contributed by atoms with Crippen LogP contribution in [-0.4, -0.2) is 89.3 Å². The van der Waals surface area contributed by atoms with Crippen molar-refractivity contribution in [2.24, 2.45) is 5.92 Å². The molecule has 12 nitrogen and oxygen atoms in total. The minimum atomic E-state index is -1.16. The third kappa shape index (κ3) is 9.74. The number of carboxylic acids is 1. The largest absolute Gasteiger partial charge is 0.482 e. The summed E-state index contributed by atoms with van der Waals surface area (Å²) in [4.78, 5) is 74.3. The molecule has 0 aromatic heterocycles. The molecule has 2 rings (SSSR count). The normalized spacial score (nSPS) is 14.9. The van der Waals surface area contributed by atoms with Crippen LogP contribution in [0.2, 0.25) is 0 Å². The number of rotatable bonds is 16. The minimum absolute atomic E-state index is 0.000766. The number of carbonyl (C=O) groups is 6. The van der Waals surface area contributed by atoms with Crippen LogP contribution in [0.4, 0.5) is 0 Å². The van der Waals surface area contributed by atoms with Gasteiger partial charge in [0.05, 0.1) is 0 Å². The van der Waals surface area contributed by atoms with Crippen LogP contribution in [0.5, 0.6) is 5.75 Å². The molecule has 0 fully saturated rings. The number of aliphatic carboxylic acids is 1. The number of carboxylic acid groups (broad SMARTS) is 1. The molecule has 0 spiro atoms. The fourth-order valence-electron chi connectivity index (χ4n) is 3.63. The average Bonchev–Trinajstić information content (AvgIpc) is 3.24. The first-order valence-corrected chi connectivity index (χ1v) is 13.8. The van der Waals surface area contributed by atoms with E-state index in [-0.39, 0.29) is 30.3 Å². The van der Waals surface area contributed by atoms with Gasteiger partial charge in [0.2, 0.25) is 11.8 Å². The van der Waals surface area contributed by atoms with Crippen molar-refractivity contribution in [1.29, 1.82) is 0 Å². The van der Waals surface area contributed by atoms with Crippen LogP contribution in [0.1, 0.15) is 37.0 Å². The van der Waals surface area contributed by atoms with E-state index >= 15 is 0 Å². The summed E-state index contributed by atoms with van der Waals surface area (Å²) < 4.78 is 5.12. The molecule has 212 valence electrons. The van der Waals surface area contributed by atoms with Crippen molar-refractivity contribution in [2.75, 3.05) is 31.7 Å². The van der Waals surface area contributed by atoms with Crippen LogP contribution in [0, 0.1) is 5.92 Å². The molecule has 1 aliphatic heterocycles. The molecule has 0 saturated heterocycles. The van der Waals surface area contributed by atoms with Gasteiger partial charge in [-0.15, -0.1) is 0 Å². The molecule has 1 aromatic carbocycles. The first-order chi connectivity index (χ1) is 18.6. The number of amides is 5. The number of imide groups is 1. The zero-order chi connectivity index (χ0) is 28.9. The zero-order valence-electron chi connectivity index (χ0n) is 22.1. The van der Waals surface area contributed by atoms with Gasteiger partial charge in [-0.2, -0.15) is 11.8 Å². The van der Waals surface area contributed by atoms with Crippen molar-refractivity contribution < 1.29 is 38.6 Å². The Balaban J connectivity index is 2.06. The third-order valence-corrected chi connectivity index (χ3v) is 6.66. The quantitative estimate of drug-likeness (QED) is 0.210. The number of carbonyl (C=O) groups excluding carboxylic acids is 5. The first-order valence-electron chi connectivity index (χ1n) is 12.4. The fourth-order valence-corrected chi connectivity index (χ4v) is 4.10. The Morgan fingerprint density at radius 2 is 1.77 bits per heavy atom. The second-order valence-electron chi connectivity index (χ2n) is 8.84. The van der Waals surface area contributed by atoms with Crippen LogP contribution in [0.15, 0.2) is 36.4 Å². The second-order valence-corrected chi connectivity index (χ2v) is 9.83. The van der Waals surface area contributed by atoms with Gasteiger partial charge in [0.25, 0.3) is 17.7 Å². The van der Waals surface area contributed by atoms with Gasteiger partial charge in [0.1, 0.15) is 17.8 Å². The Labute approximate surface area is 230 Å². The van der Waals surface area contributed by atoms with Crippen molar-refractivity contribution >= 4 is 47.3 Å². The summed E-state index contributed by atoms with van der Waals surface area (Å²) in [6.07, 6.45) is 5.07. The van der Waals surface area contributed by atoms with E-state index in [1.165, 1.54) is 36.0 Å². The van der Waals surface area contributed by atoms with Crippen molar-refractivity contribution in [2.45, 2.75) is 38.8 Å². The van der Waals surface area contributed by atoms with E-state index in [1.807, 2.05) is 13.2 Å². The summed E-state index contributed by atoms with van der Waals surface area (Å²) in [6.45, 7) is 3.13. The summed E-state index contributed by atoms with van der Waals surface area (Å²) >= 11 is 1.49. The monoisotopic (exact) mass is 562 g/mol. The van der Waals surface area contributed by atoms with Gasteiger partial charge < -0.3 is 25.8 Å². The predicted molar refractivity (Wildman–Crippen MR) is 144 cm³/mol. The molecule has 0 radical (unpaired) electrons. The van der Waals surface area contributed by atoms with Crippen molar-refractivity contribution in [3.05, 3.63) is 42.0 Å². The van der Waals surface area contributed by atoms with Crippen molar-refractivity contribution in [1.82, 2.24) is 20.9 Å². The first kappa shape index (κ1) is 31.3.